The molecule has 1 amide bonds. The van der Waals surface area contributed by atoms with E-state index in [1.807, 2.05) is 0 Å². The molecule has 0 aliphatic heterocycles. The number of aliphatic carboxylic acids is 2. The summed E-state index contributed by atoms with van der Waals surface area (Å²) in [5.41, 5.74) is -1.44. The summed E-state index contributed by atoms with van der Waals surface area (Å²) in [6.45, 7) is 11.8. The number of carbonyl (C=O) groups excluding carboxylic acids is 1. The first-order valence-corrected chi connectivity index (χ1v) is 21.3. The van der Waals surface area contributed by atoms with Crippen LogP contribution < -0.4 is 0 Å². The van der Waals surface area contributed by atoms with Gasteiger partial charge in [-0.05, 0) is 37.5 Å². The molecule has 0 bridgehead atoms. The second-order valence-electron chi connectivity index (χ2n) is 16.1. The first-order chi connectivity index (χ1) is 23.6. The lowest BCUT2D eigenvalue weighted by molar-refractivity contribution is -0.162. The molecule has 0 saturated carbocycles. The summed E-state index contributed by atoms with van der Waals surface area (Å²) in [5, 5.41) is 20.4. The Hall–Kier alpha value is -1.59. The van der Waals surface area contributed by atoms with Crippen molar-refractivity contribution in [2.45, 2.75) is 239 Å². The Balaban J connectivity index is 5.27. The molecule has 6 nitrogen and oxygen atoms in total. The highest BCUT2D eigenvalue weighted by atomic mass is 16.4. The van der Waals surface area contributed by atoms with E-state index in [9.17, 15) is 24.6 Å². The van der Waals surface area contributed by atoms with Crippen LogP contribution in [0.5, 0.6) is 0 Å². The van der Waals surface area contributed by atoms with E-state index in [0.717, 1.165) is 69.6 Å². The molecule has 290 valence electrons. The van der Waals surface area contributed by atoms with E-state index in [1.54, 1.807) is 4.90 Å². The Morgan fingerprint density at radius 2 is 0.878 bits per heavy atom. The van der Waals surface area contributed by atoms with Crippen molar-refractivity contribution in [3.05, 3.63) is 0 Å². The van der Waals surface area contributed by atoms with Crippen LogP contribution >= 0.6 is 0 Å². The van der Waals surface area contributed by atoms with Gasteiger partial charge in [-0.3, -0.25) is 9.59 Å². The molecular formula is C43H83NO5. The van der Waals surface area contributed by atoms with Crippen LogP contribution in [0.3, 0.4) is 0 Å². The van der Waals surface area contributed by atoms with Crippen LogP contribution in [0.4, 0.5) is 0 Å². The van der Waals surface area contributed by atoms with Gasteiger partial charge in [0.25, 0.3) is 0 Å². The molecule has 0 rings (SSSR count). The predicted octanol–water partition coefficient (Wildman–Crippen LogP) is 13.1. The Bertz CT molecular complexity index is 797. The van der Waals surface area contributed by atoms with Crippen molar-refractivity contribution in [1.82, 2.24) is 4.90 Å². The van der Waals surface area contributed by atoms with Crippen molar-refractivity contribution in [2.75, 3.05) is 6.54 Å². The monoisotopic (exact) mass is 694 g/mol. The maximum atomic E-state index is 13.9. The lowest BCUT2D eigenvalue weighted by Gasteiger charge is -2.41. The lowest BCUT2D eigenvalue weighted by Crippen LogP contribution is -2.57. The van der Waals surface area contributed by atoms with Gasteiger partial charge in [0.05, 0.1) is 0 Å². The number of carbonyl (C=O) groups is 3. The van der Waals surface area contributed by atoms with Gasteiger partial charge in [0.1, 0.15) is 5.54 Å². The van der Waals surface area contributed by atoms with E-state index in [0.29, 0.717) is 25.8 Å². The van der Waals surface area contributed by atoms with Gasteiger partial charge in [0, 0.05) is 19.4 Å². The maximum absolute atomic E-state index is 13.9. The summed E-state index contributed by atoms with van der Waals surface area (Å²) in [6.07, 6.45) is 31.4. The zero-order chi connectivity index (χ0) is 36.6. The molecule has 0 aliphatic rings. The highest BCUT2D eigenvalue weighted by molar-refractivity contribution is 5.87. The molecular weight excluding hydrogens is 610 g/mol. The second-order valence-corrected chi connectivity index (χ2v) is 16.1. The highest BCUT2D eigenvalue weighted by Gasteiger charge is 2.45. The SMILES string of the molecule is CCCCCCCCCCCC(=O)N(CCCCCCCCCCC(C)C)[C@@](CCCCCCCCCCC(C)C)(CCC(=O)O)C(=O)O. The van der Waals surface area contributed by atoms with Gasteiger partial charge in [0.15, 0.2) is 0 Å². The fourth-order valence-corrected chi connectivity index (χ4v) is 7.25. The largest absolute Gasteiger partial charge is 0.481 e. The smallest absolute Gasteiger partial charge is 0.329 e. The highest BCUT2D eigenvalue weighted by Crippen LogP contribution is 2.32. The van der Waals surface area contributed by atoms with Crippen LogP contribution in [-0.4, -0.2) is 45.0 Å². The number of rotatable bonds is 37. The molecule has 0 radical (unpaired) electrons. The third-order valence-electron chi connectivity index (χ3n) is 10.5. The van der Waals surface area contributed by atoms with Gasteiger partial charge in [-0.25, -0.2) is 4.79 Å². The third kappa shape index (κ3) is 26.8. The topological polar surface area (TPSA) is 94.9 Å². The normalized spacial score (nSPS) is 12.9. The predicted molar refractivity (Wildman–Crippen MR) is 208 cm³/mol. The Morgan fingerprint density at radius 1 is 0.490 bits per heavy atom. The summed E-state index contributed by atoms with van der Waals surface area (Å²) < 4.78 is 0. The Kier molecular flexibility index (Phi) is 31.3. The van der Waals surface area contributed by atoms with Crippen LogP contribution in [0.25, 0.3) is 0 Å². The van der Waals surface area contributed by atoms with Crippen molar-refractivity contribution in [1.29, 1.82) is 0 Å². The summed E-state index contributed by atoms with van der Waals surface area (Å²) >= 11 is 0. The van der Waals surface area contributed by atoms with Crippen molar-refractivity contribution >= 4 is 17.8 Å². The Morgan fingerprint density at radius 3 is 1.29 bits per heavy atom. The first-order valence-electron chi connectivity index (χ1n) is 21.3. The number of carboxylic acids is 2. The quantitative estimate of drug-likeness (QED) is 0.0632. The van der Waals surface area contributed by atoms with Crippen LogP contribution in [0.1, 0.15) is 234 Å². The summed E-state index contributed by atoms with van der Waals surface area (Å²) in [6, 6.07) is 0. The van der Waals surface area contributed by atoms with Gasteiger partial charge in [0.2, 0.25) is 5.91 Å². The van der Waals surface area contributed by atoms with E-state index < -0.39 is 17.5 Å². The number of nitrogens with zero attached hydrogens (tertiary/aromatic N) is 1. The number of carboxylic acid groups (broad SMARTS) is 2. The molecule has 2 N–H and O–H groups in total. The minimum atomic E-state index is -1.44. The molecule has 0 fully saturated rings. The second kappa shape index (κ2) is 32.3. The zero-order valence-electron chi connectivity index (χ0n) is 33.3. The van der Waals surface area contributed by atoms with Gasteiger partial charge in [-0.1, -0.05) is 195 Å². The molecule has 0 aromatic heterocycles. The minimum Gasteiger partial charge on any atom is -0.481 e. The molecule has 49 heavy (non-hydrogen) atoms. The van der Waals surface area contributed by atoms with Crippen LogP contribution in [0, 0.1) is 11.8 Å². The van der Waals surface area contributed by atoms with Gasteiger partial charge in [-0.15, -0.1) is 0 Å². The molecule has 0 spiro atoms. The maximum Gasteiger partial charge on any atom is 0.329 e. The fourth-order valence-electron chi connectivity index (χ4n) is 7.25. The standard InChI is InChI=1S/C43H83NO5/c1-6-7-8-9-10-11-18-23-28-33-40(45)44(37-30-25-20-15-13-17-22-27-32-39(4)5)43(42(48)49,36-34-41(46)47)35-29-24-19-14-12-16-21-26-31-38(2)3/h38-39H,6-37H2,1-5H3,(H,46,47)(H,48,49)/t43-/m0/s1. The van der Waals surface area contributed by atoms with Crippen LogP contribution in [-0.2, 0) is 14.4 Å². The van der Waals surface area contributed by atoms with E-state index in [2.05, 4.69) is 34.6 Å². The zero-order valence-corrected chi connectivity index (χ0v) is 33.3. The van der Waals surface area contributed by atoms with Crippen LogP contribution in [0.15, 0.2) is 0 Å². The van der Waals surface area contributed by atoms with Crippen molar-refractivity contribution in [3.8, 4) is 0 Å². The molecule has 0 saturated heterocycles. The average molecular weight is 694 g/mol. The summed E-state index contributed by atoms with van der Waals surface area (Å²) in [7, 11) is 0. The van der Waals surface area contributed by atoms with Gasteiger partial charge in [-0.2, -0.15) is 0 Å². The summed E-state index contributed by atoms with van der Waals surface area (Å²) in [5.74, 6) is -0.582. The minimum absolute atomic E-state index is 0.0204. The third-order valence-corrected chi connectivity index (χ3v) is 10.5. The average Bonchev–Trinajstić information content (AvgIpc) is 3.05. The molecule has 0 aliphatic carbocycles. The summed E-state index contributed by atoms with van der Waals surface area (Å²) in [4.78, 5) is 40.4. The number of hydrogen-bond donors (Lipinski definition) is 2. The number of hydrogen-bond acceptors (Lipinski definition) is 3. The van der Waals surface area contributed by atoms with Crippen LogP contribution in [0.2, 0.25) is 0 Å². The molecule has 0 unspecified atom stereocenters. The first kappa shape index (κ1) is 47.4. The van der Waals surface area contributed by atoms with Crippen molar-refractivity contribution in [3.63, 3.8) is 0 Å². The van der Waals surface area contributed by atoms with E-state index in [4.69, 9.17) is 0 Å². The fraction of sp³-hybridized carbons (Fsp3) is 0.930. The molecule has 0 heterocycles. The molecule has 0 aromatic rings. The van der Waals surface area contributed by atoms with E-state index >= 15 is 0 Å². The number of unbranched alkanes of at least 4 members (excludes halogenated alkanes) is 22. The lowest BCUT2D eigenvalue weighted by atomic mass is 9.84. The molecule has 1 atom stereocenters. The molecule has 6 heteroatoms. The van der Waals surface area contributed by atoms with E-state index in [1.165, 1.54) is 109 Å². The number of amides is 1. The van der Waals surface area contributed by atoms with Crippen molar-refractivity contribution < 1.29 is 24.6 Å². The Labute approximate surface area is 304 Å². The van der Waals surface area contributed by atoms with E-state index in [-0.39, 0.29) is 18.7 Å². The van der Waals surface area contributed by atoms with Gasteiger partial charge >= 0.3 is 11.9 Å². The van der Waals surface area contributed by atoms with Gasteiger partial charge < -0.3 is 15.1 Å². The molecule has 0 aromatic carbocycles. The van der Waals surface area contributed by atoms with Crippen molar-refractivity contribution in [2.24, 2.45) is 11.8 Å².